The Bertz CT molecular complexity index is 532. The van der Waals surface area contributed by atoms with Crippen LogP contribution in [0.1, 0.15) is 43.5 Å². The molecule has 0 heterocycles. The van der Waals surface area contributed by atoms with Gasteiger partial charge >= 0.3 is 5.97 Å². The summed E-state index contributed by atoms with van der Waals surface area (Å²) < 4.78 is 13.7. The van der Waals surface area contributed by atoms with Gasteiger partial charge in [-0.1, -0.05) is 13.8 Å². The van der Waals surface area contributed by atoms with Crippen LogP contribution in [0.4, 0.5) is 4.39 Å². The van der Waals surface area contributed by atoms with Gasteiger partial charge in [0.15, 0.2) is 0 Å². The lowest BCUT2D eigenvalue weighted by Crippen LogP contribution is -2.28. The third-order valence-electron chi connectivity index (χ3n) is 3.28. The van der Waals surface area contributed by atoms with E-state index in [1.165, 1.54) is 18.2 Å². The summed E-state index contributed by atoms with van der Waals surface area (Å²) in [5, 5.41) is 11.4. The normalized spacial score (nSPS) is 11.2. The molecule has 6 heteroatoms. The summed E-state index contributed by atoms with van der Waals surface area (Å²) in [7, 11) is 0. The average molecular weight is 360 g/mol. The first-order valence-corrected chi connectivity index (χ1v) is 7.46. The van der Waals surface area contributed by atoms with Crippen LogP contribution in [0.3, 0.4) is 0 Å². The summed E-state index contributed by atoms with van der Waals surface area (Å²) in [6.07, 6.45) is 1.31. The first-order chi connectivity index (χ1) is 9.71. The van der Waals surface area contributed by atoms with Crippen LogP contribution in [0.15, 0.2) is 22.7 Å². The molecule has 0 radical (unpaired) electrons. The van der Waals surface area contributed by atoms with Crippen LogP contribution in [0.5, 0.6) is 0 Å². The molecule has 0 saturated heterocycles. The number of nitrogens with one attached hydrogen (secondary N) is 1. The molecular formula is C15H19BrFNO3. The smallest absolute Gasteiger partial charge is 0.303 e. The molecule has 0 saturated carbocycles. The summed E-state index contributed by atoms with van der Waals surface area (Å²) in [5.74, 6) is -1.64. The van der Waals surface area contributed by atoms with Gasteiger partial charge in [0, 0.05) is 18.5 Å². The van der Waals surface area contributed by atoms with E-state index in [4.69, 9.17) is 5.11 Å². The number of aliphatic carboxylic acids is 1. The Kier molecular flexibility index (Phi) is 6.33. The van der Waals surface area contributed by atoms with E-state index in [1.807, 2.05) is 13.8 Å². The van der Waals surface area contributed by atoms with E-state index in [0.717, 1.165) is 0 Å². The standard InChI is InChI=1S/C15H19BrFNO3/c1-15(2,6-5-13(19)20)7-8-18-14(21)10-3-4-11(16)12(17)9-10/h3-4,9H,5-8H2,1-2H3,(H,18,21)(H,19,20). The van der Waals surface area contributed by atoms with Crippen LogP contribution in [0.25, 0.3) is 0 Å². The molecule has 0 atom stereocenters. The minimum atomic E-state index is -0.822. The highest BCUT2D eigenvalue weighted by Crippen LogP contribution is 2.26. The topological polar surface area (TPSA) is 66.4 Å². The maximum absolute atomic E-state index is 13.3. The van der Waals surface area contributed by atoms with E-state index in [9.17, 15) is 14.0 Å². The van der Waals surface area contributed by atoms with E-state index in [-0.39, 0.29) is 23.3 Å². The summed E-state index contributed by atoms with van der Waals surface area (Å²) in [6, 6.07) is 4.20. The molecule has 0 aromatic heterocycles. The Morgan fingerprint density at radius 2 is 2.00 bits per heavy atom. The summed E-state index contributed by atoms with van der Waals surface area (Å²) in [4.78, 5) is 22.4. The lowest BCUT2D eigenvalue weighted by atomic mass is 9.84. The maximum atomic E-state index is 13.3. The van der Waals surface area contributed by atoms with E-state index in [2.05, 4.69) is 21.2 Å². The molecule has 116 valence electrons. The van der Waals surface area contributed by atoms with Crippen LogP contribution < -0.4 is 5.32 Å². The van der Waals surface area contributed by atoms with Crippen molar-refractivity contribution in [3.63, 3.8) is 0 Å². The van der Waals surface area contributed by atoms with Crippen molar-refractivity contribution in [1.29, 1.82) is 0 Å². The molecule has 0 bridgehead atoms. The number of benzene rings is 1. The van der Waals surface area contributed by atoms with Crippen molar-refractivity contribution >= 4 is 27.8 Å². The minimum Gasteiger partial charge on any atom is -0.481 e. The average Bonchev–Trinajstić information content (AvgIpc) is 2.39. The van der Waals surface area contributed by atoms with Crippen molar-refractivity contribution in [2.75, 3.05) is 6.54 Å². The van der Waals surface area contributed by atoms with Gasteiger partial charge in [-0.15, -0.1) is 0 Å². The number of halogens is 2. The molecule has 0 aliphatic rings. The molecule has 21 heavy (non-hydrogen) atoms. The Morgan fingerprint density at radius 3 is 2.57 bits per heavy atom. The number of amides is 1. The fourth-order valence-corrected chi connectivity index (χ4v) is 2.07. The minimum absolute atomic E-state index is 0.110. The third-order valence-corrected chi connectivity index (χ3v) is 3.93. The summed E-state index contributed by atoms with van der Waals surface area (Å²) >= 11 is 3.03. The quantitative estimate of drug-likeness (QED) is 0.781. The summed E-state index contributed by atoms with van der Waals surface area (Å²) in [6.45, 7) is 4.34. The van der Waals surface area contributed by atoms with Crippen molar-refractivity contribution in [1.82, 2.24) is 5.32 Å². The SMILES string of the molecule is CC(C)(CCNC(=O)c1ccc(Br)c(F)c1)CCC(=O)O. The van der Waals surface area contributed by atoms with Crippen LogP contribution >= 0.6 is 15.9 Å². The van der Waals surface area contributed by atoms with Gasteiger partial charge in [-0.2, -0.15) is 0 Å². The number of carbonyl (C=O) groups is 2. The van der Waals surface area contributed by atoms with Gasteiger partial charge in [0.2, 0.25) is 0 Å². The van der Waals surface area contributed by atoms with Gasteiger partial charge in [-0.05, 0) is 52.4 Å². The van der Waals surface area contributed by atoms with Crippen LogP contribution in [-0.2, 0) is 4.79 Å². The van der Waals surface area contributed by atoms with E-state index < -0.39 is 11.8 Å². The zero-order chi connectivity index (χ0) is 16.0. The van der Waals surface area contributed by atoms with E-state index in [1.54, 1.807) is 0 Å². The first-order valence-electron chi connectivity index (χ1n) is 6.66. The zero-order valence-electron chi connectivity index (χ0n) is 12.1. The predicted octanol–water partition coefficient (Wildman–Crippen LogP) is 3.60. The summed E-state index contributed by atoms with van der Waals surface area (Å²) in [5.41, 5.74) is 0.0930. The Morgan fingerprint density at radius 1 is 1.33 bits per heavy atom. The fourth-order valence-electron chi connectivity index (χ4n) is 1.82. The zero-order valence-corrected chi connectivity index (χ0v) is 13.7. The molecule has 0 fully saturated rings. The molecule has 1 aromatic carbocycles. The molecule has 1 rings (SSSR count). The van der Waals surface area contributed by atoms with Gasteiger partial charge in [0.1, 0.15) is 5.82 Å². The van der Waals surface area contributed by atoms with Gasteiger partial charge in [0.05, 0.1) is 4.47 Å². The number of carboxylic acid groups (broad SMARTS) is 1. The molecule has 0 unspecified atom stereocenters. The number of rotatable bonds is 7. The monoisotopic (exact) mass is 359 g/mol. The van der Waals surface area contributed by atoms with Crippen LogP contribution in [-0.4, -0.2) is 23.5 Å². The number of hydrogen-bond donors (Lipinski definition) is 2. The Hall–Kier alpha value is -1.43. The van der Waals surface area contributed by atoms with Crippen LogP contribution in [0, 0.1) is 11.2 Å². The highest BCUT2D eigenvalue weighted by molar-refractivity contribution is 9.10. The molecule has 1 amide bonds. The molecule has 4 nitrogen and oxygen atoms in total. The van der Waals surface area contributed by atoms with E-state index >= 15 is 0 Å². The molecule has 0 spiro atoms. The second kappa shape index (κ2) is 7.54. The van der Waals surface area contributed by atoms with Crippen molar-refractivity contribution in [2.45, 2.75) is 33.1 Å². The molecule has 0 aliphatic carbocycles. The fraction of sp³-hybridized carbons (Fsp3) is 0.467. The van der Waals surface area contributed by atoms with E-state index in [0.29, 0.717) is 23.9 Å². The van der Waals surface area contributed by atoms with Gasteiger partial charge in [0.25, 0.3) is 5.91 Å². The maximum Gasteiger partial charge on any atom is 0.303 e. The molecule has 1 aromatic rings. The molecular weight excluding hydrogens is 341 g/mol. The molecule has 0 aliphatic heterocycles. The second-order valence-electron chi connectivity index (χ2n) is 5.69. The van der Waals surface area contributed by atoms with Crippen molar-refractivity contribution in [3.8, 4) is 0 Å². The predicted molar refractivity (Wildman–Crippen MR) is 81.7 cm³/mol. The lowest BCUT2D eigenvalue weighted by Gasteiger charge is -2.23. The number of carbonyl (C=O) groups excluding carboxylic acids is 1. The second-order valence-corrected chi connectivity index (χ2v) is 6.55. The van der Waals surface area contributed by atoms with Crippen molar-refractivity contribution in [2.24, 2.45) is 5.41 Å². The lowest BCUT2D eigenvalue weighted by molar-refractivity contribution is -0.137. The van der Waals surface area contributed by atoms with Crippen molar-refractivity contribution in [3.05, 3.63) is 34.1 Å². The largest absolute Gasteiger partial charge is 0.481 e. The van der Waals surface area contributed by atoms with Gasteiger partial charge < -0.3 is 10.4 Å². The first kappa shape index (κ1) is 17.6. The van der Waals surface area contributed by atoms with Crippen LogP contribution in [0.2, 0.25) is 0 Å². The highest BCUT2D eigenvalue weighted by atomic mass is 79.9. The Balaban J connectivity index is 2.46. The van der Waals surface area contributed by atoms with Crippen molar-refractivity contribution < 1.29 is 19.1 Å². The number of carboxylic acids is 1. The van der Waals surface area contributed by atoms with Gasteiger partial charge in [-0.25, -0.2) is 4.39 Å². The third kappa shape index (κ3) is 6.25. The van der Waals surface area contributed by atoms with Gasteiger partial charge in [-0.3, -0.25) is 9.59 Å². The molecule has 2 N–H and O–H groups in total. The highest BCUT2D eigenvalue weighted by Gasteiger charge is 2.19. The Labute approximate surface area is 131 Å². The number of hydrogen-bond acceptors (Lipinski definition) is 2.